The van der Waals surface area contributed by atoms with Crippen molar-refractivity contribution in [3.05, 3.63) is 48.0 Å². The number of carbonyl (C=O) groups is 1. The molecule has 0 aliphatic carbocycles. The largest absolute Gasteiger partial charge is 0.384 e. The number of benzene rings is 1. The number of hydrogen-bond donors (Lipinski definition) is 2. The third-order valence-corrected chi connectivity index (χ3v) is 5.35. The van der Waals surface area contributed by atoms with Crippen molar-refractivity contribution < 1.29 is 4.79 Å². The number of aromatic nitrogens is 1. The molecule has 2 saturated heterocycles. The van der Waals surface area contributed by atoms with Crippen molar-refractivity contribution in [1.29, 1.82) is 0 Å². The first-order chi connectivity index (χ1) is 12.7. The number of hydrogen-bond acceptors (Lipinski definition) is 5. The molecule has 4 rings (SSSR count). The fourth-order valence-electron chi connectivity index (χ4n) is 3.82. The van der Waals surface area contributed by atoms with Gasteiger partial charge < -0.3 is 16.0 Å². The summed E-state index contributed by atoms with van der Waals surface area (Å²) in [6.07, 6.45) is 1.22. The highest BCUT2D eigenvalue weighted by molar-refractivity contribution is 5.94. The zero-order chi connectivity index (χ0) is 17.9. The molecule has 26 heavy (non-hydrogen) atoms. The maximum Gasteiger partial charge on any atom is 0.253 e. The molecule has 3 N–H and O–H groups in total. The van der Waals surface area contributed by atoms with Gasteiger partial charge in [-0.1, -0.05) is 18.2 Å². The number of amides is 1. The Balaban J connectivity index is 1.39. The van der Waals surface area contributed by atoms with Crippen LogP contribution in [0.15, 0.2) is 42.5 Å². The van der Waals surface area contributed by atoms with E-state index in [-0.39, 0.29) is 5.91 Å². The van der Waals surface area contributed by atoms with Gasteiger partial charge in [0.1, 0.15) is 5.82 Å². The van der Waals surface area contributed by atoms with Crippen LogP contribution >= 0.6 is 0 Å². The Morgan fingerprint density at radius 2 is 1.85 bits per heavy atom. The highest BCUT2D eigenvalue weighted by atomic mass is 16.2. The standard InChI is InChI=1S/C20H25N5O/c21-19-3-1-2-18(23-19)15-4-6-16(7-5-15)20(26)25-12-10-24(11-13-25)17-8-9-22-14-17/h1-7,17,22H,8-14H2,(H2,21,23)/t17-/m0/s1. The predicted molar refractivity (Wildman–Crippen MR) is 103 cm³/mol. The van der Waals surface area contributed by atoms with E-state index >= 15 is 0 Å². The van der Waals surface area contributed by atoms with Crippen LogP contribution in [0.2, 0.25) is 0 Å². The molecule has 0 radical (unpaired) electrons. The van der Waals surface area contributed by atoms with Crippen LogP contribution in [0.5, 0.6) is 0 Å². The van der Waals surface area contributed by atoms with Gasteiger partial charge in [0.2, 0.25) is 0 Å². The molecule has 0 unspecified atom stereocenters. The van der Waals surface area contributed by atoms with Gasteiger partial charge >= 0.3 is 0 Å². The number of pyridine rings is 1. The van der Waals surface area contributed by atoms with Gasteiger partial charge in [-0.05, 0) is 37.2 Å². The summed E-state index contributed by atoms with van der Waals surface area (Å²) in [5.41, 5.74) is 8.27. The van der Waals surface area contributed by atoms with Gasteiger partial charge in [0.05, 0.1) is 5.69 Å². The Morgan fingerprint density at radius 3 is 2.50 bits per heavy atom. The number of nitrogens with one attached hydrogen (secondary N) is 1. The molecular formula is C20H25N5O. The lowest BCUT2D eigenvalue weighted by Crippen LogP contribution is -2.52. The van der Waals surface area contributed by atoms with Crippen molar-refractivity contribution >= 4 is 11.7 Å². The Bertz CT molecular complexity index is 762. The van der Waals surface area contributed by atoms with Gasteiger partial charge in [-0.15, -0.1) is 0 Å². The van der Waals surface area contributed by atoms with Gasteiger partial charge in [-0.25, -0.2) is 4.98 Å². The molecule has 0 saturated carbocycles. The molecule has 0 bridgehead atoms. The van der Waals surface area contributed by atoms with Crippen LogP contribution in [-0.2, 0) is 0 Å². The number of nitrogens with two attached hydrogens (primary N) is 1. The number of carbonyl (C=O) groups excluding carboxylic acids is 1. The van der Waals surface area contributed by atoms with Gasteiger partial charge in [0.25, 0.3) is 5.91 Å². The zero-order valence-corrected chi connectivity index (χ0v) is 14.9. The van der Waals surface area contributed by atoms with E-state index in [9.17, 15) is 4.79 Å². The Kier molecular flexibility index (Phi) is 4.86. The fourth-order valence-corrected chi connectivity index (χ4v) is 3.82. The van der Waals surface area contributed by atoms with Crippen LogP contribution in [0.4, 0.5) is 5.82 Å². The zero-order valence-electron chi connectivity index (χ0n) is 14.9. The molecule has 2 fully saturated rings. The van der Waals surface area contributed by atoms with E-state index in [1.807, 2.05) is 41.3 Å². The first kappa shape index (κ1) is 17.0. The molecule has 2 aliphatic heterocycles. The highest BCUT2D eigenvalue weighted by Gasteiger charge is 2.28. The molecule has 6 heteroatoms. The minimum atomic E-state index is 0.112. The minimum Gasteiger partial charge on any atom is -0.384 e. The second-order valence-electron chi connectivity index (χ2n) is 7.00. The predicted octanol–water partition coefficient (Wildman–Crippen LogP) is 1.45. The third-order valence-electron chi connectivity index (χ3n) is 5.35. The molecular weight excluding hydrogens is 326 g/mol. The second-order valence-corrected chi connectivity index (χ2v) is 7.00. The highest BCUT2D eigenvalue weighted by Crippen LogP contribution is 2.20. The molecule has 0 spiro atoms. The van der Waals surface area contributed by atoms with E-state index in [0.717, 1.165) is 56.1 Å². The Morgan fingerprint density at radius 1 is 1.08 bits per heavy atom. The molecule has 2 aromatic rings. The number of nitrogen functional groups attached to an aromatic ring is 1. The Hall–Kier alpha value is -2.44. The van der Waals surface area contributed by atoms with Crippen LogP contribution in [-0.4, -0.2) is 66.0 Å². The van der Waals surface area contributed by atoms with Gasteiger partial charge in [0.15, 0.2) is 0 Å². The summed E-state index contributed by atoms with van der Waals surface area (Å²) in [6, 6.07) is 13.9. The monoisotopic (exact) mass is 351 g/mol. The van der Waals surface area contributed by atoms with Gasteiger partial charge in [-0.2, -0.15) is 0 Å². The molecule has 136 valence electrons. The van der Waals surface area contributed by atoms with Crippen LogP contribution in [0, 0.1) is 0 Å². The van der Waals surface area contributed by atoms with E-state index in [0.29, 0.717) is 11.9 Å². The minimum absolute atomic E-state index is 0.112. The van der Waals surface area contributed by atoms with E-state index in [1.165, 1.54) is 6.42 Å². The van der Waals surface area contributed by atoms with Crippen LogP contribution in [0.3, 0.4) is 0 Å². The van der Waals surface area contributed by atoms with Crippen LogP contribution in [0.1, 0.15) is 16.8 Å². The van der Waals surface area contributed by atoms with E-state index in [1.54, 1.807) is 6.07 Å². The summed E-state index contributed by atoms with van der Waals surface area (Å²) in [4.78, 5) is 21.6. The first-order valence-corrected chi connectivity index (χ1v) is 9.28. The van der Waals surface area contributed by atoms with Crippen LogP contribution < -0.4 is 11.1 Å². The smallest absolute Gasteiger partial charge is 0.253 e. The number of anilines is 1. The maximum absolute atomic E-state index is 12.8. The fraction of sp³-hybridized carbons (Fsp3) is 0.400. The molecule has 3 heterocycles. The number of piperazine rings is 1. The van der Waals surface area contributed by atoms with Crippen molar-refractivity contribution in [1.82, 2.24) is 20.1 Å². The summed E-state index contributed by atoms with van der Waals surface area (Å²) < 4.78 is 0. The summed E-state index contributed by atoms with van der Waals surface area (Å²) in [5, 5.41) is 3.42. The molecule has 1 amide bonds. The molecule has 1 aromatic carbocycles. The normalized spacial score (nSPS) is 21.1. The quantitative estimate of drug-likeness (QED) is 0.876. The summed E-state index contributed by atoms with van der Waals surface area (Å²) in [7, 11) is 0. The average Bonchev–Trinajstić information content (AvgIpc) is 3.23. The summed E-state index contributed by atoms with van der Waals surface area (Å²) in [6.45, 7) is 5.71. The first-order valence-electron chi connectivity index (χ1n) is 9.28. The summed E-state index contributed by atoms with van der Waals surface area (Å²) in [5.74, 6) is 0.610. The van der Waals surface area contributed by atoms with E-state index in [4.69, 9.17) is 5.73 Å². The Labute approximate surface area is 154 Å². The van der Waals surface area contributed by atoms with Crippen LogP contribution in [0.25, 0.3) is 11.3 Å². The third kappa shape index (κ3) is 3.57. The van der Waals surface area contributed by atoms with E-state index in [2.05, 4.69) is 15.2 Å². The number of nitrogens with zero attached hydrogens (tertiary/aromatic N) is 3. The number of rotatable bonds is 3. The molecule has 1 atom stereocenters. The van der Waals surface area contributed by atoms with Crippen molar-refractivity contribution in [3.8, 4) is 11.3 Å². The lowest BCUT2D eigenvalue weighted by atomic mass is 10.1. The molecule has 6 nitrogen and oxygen atoms in total. The lowest BCUT2D eigenvalue weighted by molar-refractivity contribution is 0.0584. The topological polar surface area (TPSA) is 74.5 Å². The summed E-state index contributed by atoms with van der Waals surface area (Å²) >= 11 is 0. The van der Waals surface area contributed by atoms with Crippen molar-refractivity contribution in [3.63, 3.8) is 0 Å². The molecule has 2 aliphatic rings. The average molecular weight is 351 g/mol. The maximum atomic E-state index is 12.8. The van der Waals surface area contributed by atoms with Gasteiger partial charge in [-0.3, -0.25) is 9.69 Å². The van der Waals surface area contributed by atoms with Crippen molar-refractivity contribution in [2.75, 3.05) is 45.0 Å². The van der Waals surface area contributed by atoms with E-state index < -0.39 is 0 Å². The molecule has 1 aromatic heterocycles. The lowest BCUT2D eigenvalue weighted by Gasteiger charge is -2.37. The van der Waals surface area contributed by atoms with Gasteiger partial charge in [0, 0.05) is 49.9 Å². The van der Waals surface area contributed by atoms with Crippen molar-refractivity contribution in [2.24, 2.45) is 0 Å². The van der Waals surface area contributed by atoms with Crippen molar-refractivity contribution in [2.45, 2.75) is 12.5 Å². The second kappa shape index (κ2) is 7.43. The SMILES string of the molecule is Nc1cccc(-c2ccc(C(=O)N3CCN([C@H]4CCNC4)CC3)cc2)n1.